The number of anilines is 2. The zero-order valence-corrected chi connectivity index (χ0v) is 12.3. The van der Waals surface area contributed by atoms with E-state index < -0.39 is 4.92 Å². The molecule has 2 rings (SSSR count). The van der Waals surface area contributed by atoms with Crippen LogP contribution in [-0.2, 0) is 11.2 Å². The molecule has 0 radical (unpaired) electrons. The number of nitrogens with one attached hydrogen (secondary N) is 2. The molecule has 0 unspecified atom stereocenters. The molecule has 0 aromatic heterocycles. The van der Waals surface area contributed by atoms with Gasteiger partial charge in [-0.05, 0) is 24.5 Å². The van der Waals surface area contributed by atoms with Gasteiger partial charge in [0.15, 0.2) is 0 Å². The molecule has 0 aliphatic carbocycles. The highest BCUT2D eigenvalue weighted by atomic mass is 16.6. The Morgan fingerprint density at radius 2 is 2.10 bits per heavy atom. The Morgan fingerprint density at radius 3 is 2.81 bits per heavy atom. The van der Waals surface area contributed by atoms with E-state index in [1.165, 1.54) is 18.9 Å². The molecule has 6 heteroatoms. The standard InChI is InChI=1S/C15H21N3O3/c1-2-3-4-5-8-16-13-9-11-6-7-15(19)17-12(11)10-14(13)18(20)21/h9-10,16H,2-8H2,1H3,(H,17,19). The summed E-state index contributed by atoms with van der Waals surface area (Å²) < 4.78 is 0. The van der Waals surface area contributed by atoms with Gasteiger partial charge in [0, 0.05) is 19.0 Å². The van der Waals surface area contributed by atoms with E-state index in [9.17, 15) is 14.9 Å². The SMILES string of the molecule is CCCCCCNc1cc2c(cc1[N+](=O)[O-])NC(=O)CC2. The Morgan fingerprint density at radius 1 is 1.29 bits per heavy atom. The van der Waals surface area contributed by atoms with Gasteiger partial charge in [0.25, 0.3) is 5.69 Å². The predicted octanol–water partition coefficient (Wildman–Crippen LogP) is 3.47. The number of benzene rings is 1. The van der Waals surface area contributed by atoms with Crippen LogP contribution in [0.3, 0.4) is 0 Å². The number of carbonyl (C=O) groups is 1. The van der Waals surface area contributed by atoms with Gasteiger partial charge in [-0.1, -0.05) is 26.2 Å². The summed E-state index contributed by atoms with van der Waals surface area (Å²) in [5.41, 5.74) is 2.09. The first-order valence-corrected chi connectivity index (χ1v) is 7.47. The third-order valence-corrected chi connectivity index (χ3v) is 3.66. The number of rotatable bonds is 7. The van der Waals surface area contributed by atoms with Crippen LogP contribution in [0.2, 0.25) is 0 Å². The van der Waals surface area contributed by atoms with E-state index in [1.807, 2.05) is 0 Å². The highest BCUT2D eigenvalue weighted by Crippen LogP contribution is 2.34. The van der Waals surface area contributed by atoms with Crippen LogP contribution in [0.25, 0.3) is 0 Å². The number of hydrogen-bond acceptors (Lipinski definition) is 4. The number of unbranched alkanes of at least 4 members (excludes halogenated alkanes) is 3. The number of carbonyl (C=O) groups excluding carboxylic acids is 1. The summed E-state index contributed by atoms with van der Waals surface area (Å²) in [6, 6.07) is 3.26. The second-order valence-corrected chi connectivity index (χ2v) is 5.32. The topological polar surface area (TPSA) is 84.3 Å². The van der Waals surface area contributed by atoms with Gasteiger partial charge in [0.2, 0.25) is 5.91 Å². The summed E-state index contributed by atoms with van der Waals surface area (Å²) in [6.45, 7) is 2.88. The highest BCUT2D eigenvalue weighted by molar-refractivity contribution is 5.95. The van der Waals surface area contributed by atoms with Crippen LogP contribution in [-0.4, -0.2) is 17.4 Å². The van der Waals surface area contributed by atoms with E-state index in [2.05, 4.69) is 17.6 Å². The second-order valence-electron chi connectivity index (χ2n) is 5.32. The molecule has 0 saturated heterocycles. The lowest BCUT2D eigenvalue weighted by Gasteiger charge is -2.18. The molecule has 2 N–H and O–H groups in total. The average Bonchev–Trinajstić information content (AvgIpc) is 2.46. The van der Waals surface area contributed by atoms with Crippen LogP contribution in [0.5, 0.6) is 0 Å². The monoisotopic (exact) mass is 291 g/mol. The largest absolute Gasteiger partial charge is 0.379 e. The van der Waals surface area contributed by atoms with Crippen LogP contribution in [0.15, 0.2) is 12.1 Å². The van der Waals surface area contributed by atoms with Gasteiger partial charge in [-0.3, -0.25) is 14.9 Å². The van der Waals surface area contributed by atoms with E-state index in [0.29, 0.717) is 24.2 Å². The Labute approximate surface area is 124 Å². The maximum absolute atomic E-state index is 11.4. The molecule has 1 aromatic rings. The molecule has 0 spiro atoms. The lowest BCUT2D eigenvalue weighted by Crippen LogP contribution is -2.19. The predicted molar refractivity (Wildman–Crippen MR) is 82.7 cm³/mol. The third kappa shape index (κ3) is 3.93. The molecule has 0 fully saturated rings. The third-order valence-electron chi connectivity index (χ3n) is 3.66. The van der Waals surface area contributed by atoms with Crippen molar-refractivity contribution in [3.8, 4) is 0 Å². The van der Waals surface area contributed by atoms with E-state index in [-0.39, 0.29) is 11.6 Å². The summed E-state index contributed by atoms with van der Waals surface area (Å²) in [6.07, 6.45) is 5.53. The number of amides is 1. The highest BCUT2D eigenvalue weighted by Gasteiger charge is 2.22. The molecule has 6 nitrogen and oxygen atoms in total. The van der Waals surface area contributed by atoms with Gasteiger partial charge >= 0.3 is 0 Å². The molecule has 0 saturated carbocycles. The molecule has 21 heavy (non-hydrogen) atoms. The summed E-state index contributed by atoms with van der Waals surface area (Å²) in [7, 11) is 0. The van der Waals surface area contributed by atoms with Crippen LogP contribution in [0.4, 0.5) is 17.1 Å². The minimum Gasteiger partial charge on any atom is -0.379 e. The molecule has 114 valence electrons. The van der Waals surface area contributed by atoms with E-state index >= 15 is 0 Å². The summed E-state index contributed by atoms with van der Waals surface area (Å²) in [4.78, 5) is 22.1. The fourth-order valence-corrected chi connectivity index (χ4v) is 2.48. The maximum atomic E-state index is 11.4. The van der Waals surface area contributed by atoms with E-state index in [1.54, 1.807) is 6.07 Å². The van der Waals surface area contributed by atoms with Crippen molar-refractivity contribution in [1.82, 2.24) is 0 Å². The maximum Gasteiger partial charge on any atom is 0.294 e. The zero-order valence-electron chi connectivity index (χ0n) is 12.3. The summed E-state index contributed by atoms with van der Waals surface area (Å²) in [5, 5.41) is 17.0. The minimum absolute atomic E-state index is 0.0199. The van der Waals surface area contributed by atoms with Gasteiger partial charge in [0.1, 0.15) is 5.69 Å². The first kappa shape index (κ1) is 15.3. The summed E-state index contributed by atoms with van der Waals surface area (Å²) in [5.74, 6) is -0.0860. The average molecular weight is 291 g/mol. The van der Waals surface area contributed by atoms with Crippen molar-refractivity contribution >= 4 is 23.0 Å². The molecule has 0 bridgehead atoms. The number of nitro benzene ring substituents is 1. The fraction of sp³-hybridized carbons (Fsp3) is 0.533. The van der Waals surface area contributed by atoms with Gasteiger partial charge in [0.05, 0.1) is 10.6 Å². The van der Waals surface area contributed by atoms with E-state index in [0.717, 1.165) is 24.9 Å². The Bertz CT molecular complexity index is 543. The number of nitrogens with zero attached hydrogens (tertiary/aromatic N) is 1. The molecule has 1 heterocycles. The molecule has 1 aromatic carbocycles. The molecular formula is C15H21N3O3. The Kier molecular flexibility index (Phi) is 5.14. The fourth-order valence-electron chi connectivity index (χ4n) is 2.48. The minimum atomic E-state index is -0.407. The normalized spacial score (nSPS) is 13.5. The lowest BCUT2D eigenvalue weighted by molar-refractivity contribution is -0.383. The quantitative estimate of drug-likeness (QED) is 0.457. The van der Waals surface area contributed by atoms with Crippen LogP contribution in [0.1, 0.15) is 44.6 Å². The lowest BCUT2D eigenvalue weighted by atomic mass is 10.0. The zero-order chi connectivity index (χ0) is 15.2. The van der Waals surface area contributed by atoms with Gasteiger partial charge in [-0.2, -0.15) is 0 Å². The van der Waals surface area contributed by atoms with Crippen molar-refractivity contribution in [2.45, 2.75) is 45.4 Å². The smallest absolute Gasteiger partial charge is 0.294 e. The molecule has 1 amide bonds. The van der Waals surface area contributed by atoms with Gasteiger partial charge in [-0.25, -0.2) is 0 Å². The van der Waals surface area contributed by atoms with Gasteiger partial charge < -0.3 is 10.6 Å². The van der Waals surface area contributed by atoms with Crippen molar-refractivity contribution < 1.29 is 9.72 Å². The van der Waals surface area contributed by atoms with Crippen molar-refractivity contribution in [2.75, 3.05) is 17.2 Å². The Hall–Kier alpha value is -2.11. The number of hydrogen-bond donors (Lipinski definition) is 2. The van der Waals surface area contributed by atoms with Crippen LogP contribution in [0, 0.1) is 10.1 Å². The number of aryl methyl sites for hydroxylation is 1. The van der Waals surface area contributed by atoms with Crippen molar-refractivity contribution in [3.63, 3.8) is 0 Å². The van der Waals surface area contributed by atoms with Gasteiger partial charge in [-0.15, -0.1) is 0 Å². The molecule has 1 aliphatic rings. The summed E-state index contributed by atoms with van der Waals surface area (Å²) >= 11 is 0. The second kappa shape index (κ2) is 7.06. The first-order chi connectivity index (χ1) is 10.1. The van der Waals surface area contributed by atoms with Crippen molar-refractivity contribution in [3.05, 3.63) is 27.8 Å². The molecule has 1 aliphatic heterocycles. The van der Waals surface area contributed by atoms with Crippen LogP contribution >= 0.6 is 0 Å². The molecular weight excluding hydrogens is 270 g/mol. The van der Waals surface area contributed by atoms with Crippen molar-refractivity contribution in [1.29, 1.82) is 0 Å². The Balaban J connectivity index is 2.12. The number of fused-ring (bicyclic) bond motifs is 1. The van der Waals surface area contributed by atoms with Crippen molar-refractivity contribution in [2.24, 2.45) is 0 Å². The molecule has 0 atom stereocenters. The van der Waals surface area contributed by atoms with E-state index in [4.69, 9.17) is 0 Å². The van der Waals surface area contributed by atoms with Crippen LogP contribution < -0.4 is 10.6 Å². The first-order valence-electron chi connectivity index (χ1n) is 7.47. The number of nitro groups is 1.